The van der Waals surface area contributed by atoms with Gasteiger partial charge in [0.15, 0.2) is 5.78 Å². The minimum absolute atomic E-state index is 0.0523. The highest BCUT2D eigenvalue weighted by atomic mass is 35.5. The van der Waals surface area contributed by atoms with Crippen LogP contribution in [0.15, 0.2) is 58.2 Å². The van der Waals surface area contributed by atoms with Crippen molar-refractivity contribution in [1.82, 2.24) is 0 Å². The zero-order valence-corrected chi connectivity index (χ0v) is 11.3. The van der Waals surface area contributed by atoms with Gasteiger partial charge in [-0.25, -0.2) is 0 Å². The Labute approximate surface area is 119 Å². The van der Waals surface area contributed by atoms with Crippen LogP contribution in [0.2, 0.25) is 0 Å². The van der Waals surface area contributed by atoms with Crippen LogP contribution >= 0.6 is 23.2 Å². The lowest BCUT2D eigenvalue weighted by molar-refractivity contribution is -0.119. The van der Waals surface area contributed by atoms with Gasteiger partial charge in [-0.3, -0.25) is 9.59 Å². The zero-order chi connectivity index (χ0) is 13.4. The Morgan fingerprint density at radius 2 is 1.89 bits per heavy atom. The van der Waals surface area contributed by atoms with Gasteiger partial charge in [-0.2, -0.15) is 0 Å². The van der Waals surface area contributed by atoms with Crippen molar-refractivity contribution in [2.45, 2.75) is 10.8 Å². The second-order valence-electron chi connectivity index (χ2n) is 5.01. The standard InChI is InChI=1S/C15H8Cl2O2/c16-15(17)13-10(18)6-4-8-2-1-7-3-5-9(14(15)19)11(7)12(8)13/h1-5,7H,6H2. The number of carbonyl (C=O) groups excluding carboxylic acids is 2. The number of ketones is 2. The summed E-state index contributed by atoms with van der Waals surface area (Å²) >= 11 is 12.4. The van der Waals surface area contributed by atoms with E-state index in [2.05, 4.69) is 0 Å². The van der Waals surface area contributed by atoms with Crippen molar-refractivity contribution in [3.63, 3.8) is 0 Å². The lowest BCUT2D eigenvalue weighted by Gasteiger charge is -2.35. The molecule has 4 rings (SSSR count). The number of carbonyl (C=O) groups is 2. The van der Waals surface area contributed by atoms with E-state index in [9.17, 15) is 9.59 Å². The fourth-order valence-corrected chi connectivity index (χ4v) is 3.78. The van der Waals surface area contributed by atoms with Crippen molar-refractivity contribution in [2.24, 2.45) is 5.92 Å². The normalized spacial score (nSPS) is 30.0. The smallest absolute Gasteiger partial charge is 0.209 e. The third-order valence-electron chi connectivity index (χ3n) is 4.01. The van der Waals surface area contributed by atoms with Gasteiger partial charge >= 0.3 is 0 Å². The first-order chi connectivity index (χ1) is 9.01. The molecule has 94 valence electrons. The summed E-state index contributed by atoms with van der Waals surface area (Å²) in [7, 11) is 0. The molecule has 1 unspecified atom stereocenters. The van der Waals surface area contributed by atoms with Crippen LogP contribution in [-0.2, 0) is 9.59 Å². The summed E-state index contributed by atoms with van der Waals surface area (Å²) in [5.41, 5.74) is 3.40. The van der Waals surface area contributed by atoms with Crippen molar-refractivity contribution in [3.8, 4) is 0 Å². The number of halogens is 2. The Kier molecular flexibility index (Phi) is 2.04. The van der Waals surface area contributed by atoms with Gasteiger partial charge in [-0.05, 0) is 16.7 Å². The molecule has 0 aromatic rings. The molecule has 1 atom stereocenters. The molecule has 0 aliphatic heterocycles. The van der Waals surface area contributed by atoms with E-state index in [-0.39, 0.29) is 29.5 Å². The zero-order valence-electron chi connectivity index (χ0n) is 9.74. The average Bonchev–Trinajstić information content (AvgIpc) is 2.80. The maximum absolute atomic E-state index is 12.4. The molecule has 4 heteroatoms. The Morgan fingerprint density at radius 1 is 1.16 bits per heavy atom. The van der Waals surface area contributed by atoms with Crippen LogP contribution in [-0.4, -0.2) is 15.9 Å². The predicted molar refractivity (Wildman–Crippen MR) is 73.0 cm³/mol. The summed E-state index contributed by atoms with van der Waals surface area (Å²) in [4.78, 5) is 24.6. The highest BCUT2D eigenvalue weighted by Crippen LogP contribution is 2.53. The Balaban J connectivity index is 2.14. The Bertz CT molecular complexity index is 714. The number of Topliss-reactive ketones (excluding diaryl/α,β-unsaturated/α-hetero) is 2. The molecule has 19 heavy (non-hydrogen) atoms. The first-order valence-corrected chi connectivity index (χ1v) is 6.79. The van der Waals surface area contributed by atoms with E-state index >= 15 is 0 Å². The van der Waals surface area contributed by atoms with Gasteiger partial charge in [0.1, 0.15) is 0 Å². The van der Waals surface area contributed by atoms with Gasteiger partial charge in [0.25, 0.3) is 0 Å². The number of hydrogen-bond acceptors (Lipinski definition) is 2. The van der Waals surface area contributed by atoms with E-state index < -0.39 is 4.33 Å². The molecular weight excluding hydrogens is 283 g/mol. The molecular formula is C15H8Cl2O2. The van der Waals surface area contributed by atoms with E-state index in [1.165, 1.54) is 0 Å². The number of hydrogen-bond donors (Lipinski definition) is 0. The van der Waals surface area contributed by atoms with Crippen molar-refractivity contribution >= 4 is 34.8 Å². The minimum Gasteiger partial charge on any atom is -0.294 e. The summed E-state index contributed by atoms with van der Waals surface area (Å²) in [6, 6.07) is 0. The molecule has 4 aliphatic rings. The molecule has 2 nitrogen and oxygen atoms in total. The molecule has 0 N–H and O–H groups in total. The van der Waals surface area contributed by atoms with E-state index in [1.54, 1.807) is 6.08 Å². The van der Waals surface area contributed by atoms with Gasteiger partial charge in [0.05, 0.1) is 0 Å². The molecule has 0 aromatic carbocycles. The van der Waals surface area contributed by atoms with Crippen molar-refractivity contribution in [1.29, 1.82) is 0 Å². The third kappa shape index (κ3) is 1.24. The highest BCUT2D eigenvalue weighted by molar-refractivity contribution is 6.64. The van der Waals surface area contributed by atoms with Crippen molar-refractivity contribution < 1.29 is 9.59 Å². The third-order valence-corrected chi connectivity index (χ3v) is 4.74. The van der Waals surface area contributed by atoms with Gasteiger partial charge in [-0.1, -0.05) is 53.6 Å². The monoisotopic (exact) mass is 290 g/mol. The quantitative estimate of drug-likeness (QED) is 0.643. The molecule has 0 amide bonds. The van der Waals surface area contributed by atoms with E-state index in [4.69, 9.17) is 23.2 Å². The summed E-state index contributed by atoms with van der Waals surface area (Å²) < 4.78 is -1.75. The van der Waals surface area contributed by atoms with Crippen LogP contribution in [0, 0.1) is 5.92 Å². The molecule has 0 saturated heterocycles. The second-order valence-corrected chi connectivity index (χ2v) is 6.34. The van der Waals surface area contributed by atoms with Crippen molar-refractivity contribution in [2.75, 3.05) is 0 Å². The van der Waals surface area contributed by atoms with Gasteiger partial charge in [0.2, 0.25) is 10.1 Å². The van der Waals surface area contributed by atoms with Crippen LogP contribution in [0.5, 0.6) is 0 Å². The maximum Gasteiger partial charge on any atom is 0.209 e. The van der Waals surface area contributed by atoms with Crippen LogP contribution in [0.25, 0.3) is 0 Å². The molecule has 0 saturated carbocycles. The summed E-state index contributed by atoms with van der Waals surface area (Å²) in [5, 5.41) is 0. The predicted octanol–water partition coefficient (Wildman–Crippen LogP) is 2.99. The van der Waals surface area contributed by atoms with Crippen LogP contribution in [0.3, 0.4) is 0 Å². The van der Waals surface area contributed by atoms with Crippen LogP contribution in [0.4, 0.5) is 0 Å². The molecule has 0 fully saturated rings. The summed E-state index contributed by atoms with van der Waals surface area (Å²) in [5.74, 6) is -0.491. The summed E-state index contributed by atoms with van der Waals surface area (Å²) in [6.07, 6.45) is 9.82. The Morgan fingerprint density at radius 3 is 2.68 bits per heavy atom. The molecule has 4 aliphatic carbocycles. The molecule has 0 aromatic heterocycles. The molecule has 0 bridgehead atoms. The Hall–Kier alpha value is -1.38. The first-order valence-electron chi connectivity index (χ1n) is 6.04. The second kappa shape index (κ2) is 3.38. The fourth-order valence-electron chi connectivity index (χ4n) is 3.18. The topological polar surface area (TPSA) is 34.1 Å². The molecule has 0 spiro atoms. The molecule has 0 radical (unpaired) electrons. The number of alkyl halides is 2. The number of rotatable bonds is 0. The summed E-state index contributed by atoms with van der Waals surface area (Å²) in [6.45, 7) is 0. The van der Waals surface area contributed by atoms with Crippen LogP contribution in [0.1, 0.15) is 6.42 Å². The van der Waals surface area contributed by atoms with Gasteiger partial charge in [0, 0.05) is 23.5 Å². The van der Waals surface area contributed by atoms with Crippen molar-refractivity contribution in [3.05, 3.63) is 58.2 Å². The lowest BCUT2D eigenvalue weighted by Crippen LogP contribution is -2.40. The number of allylic oxidation sites excluding steroid dienone is 10. The van der Waals surface area contributed by atoms with Gasteiger partial charge < -0.3 is 0 Å². The van der Waals surface area contributed by atoms with Crippen LogP contribution < -0.4 is 0 Å². The minimum atomic E-state index is -1.75. The van der Waals surface area contributed by atoms with Gasteiger partial charge in [-0.15, -0.1) is 0 Å². The largest absolute Gasteiger partial charge is 0.294 e. The average molecular weight is 291 g/mol. The maximum atomic E-state index is 12.4. The lowest BCUT2D eigenvalue weighted by atomic mass is 9.72. The SMILES string of the molecule is O=C1CC=C2C=CC3C=CC4=C3C2=C1C(Cl)(Cl)C4=O. The highest BCUT2D eigenvalue weighted by Gasteiger charge is 2.51. The first kappa shape index (κ1) is 11.4. The van der Waals surface area contributed by atoms with E-state index in [0.717, 1.165) is 16.7 Å². The van der Waals surface area contributed by atoms with E-state index in [1.807, 2.05) is 24.3 Å². The fraction of sp³-hybridized carbons (Fsp3) is 0.200. The molecule has 0 heterocycles. The van der Waals surface area contributed by atoms with E-state index in [0.29, 0.717) is 5.57 Å².